The molecule has 4 heteroatoms. The molecule has 1 aromatic rings. The van der Waals surface area contributed by atoms with Crippen LogP contribution in [0.3, 0.4) is 0 Å². The van der Waals surface area contributed by atoms with Gasteiger partial charge in [-0.05, 0) is 50.6 Å². The van der Waals surface area contributed by atoms with E-state index < -0.39 is 0 Å². The average Bonchev–Trinajstić information content (AvgIpc) is 2.88. The molecule has 2 atom stereocenters. The van der Waals surface area contributed by atoms with Crippen LogP contribution in [0.2, 0.25) is 0 Å². The van der Waals surface area contributed by atoms with Crippen molar-refractivity contribution in [2.24, 2.45) is 11.8 Å². The predicted octanol–water partition coefficient (Wildman–Crippen LogP) is 1.71. The Labute approximate surface area is 121 Å². The minimum Gasteiger partial charge on any atom is -0.396 e. The highest BCUT2D eigenvalue weighted by Crippen LogP contribution is 2.24. The summed E-state index contributed by atoms with van der Waals surface area (Å²) in [4.78, 5) is 7.39. The fourth-order valence-electron chi connectivity index (χ4n) is 3.71. The maximum Gasteiger partial charge on any atom is 0.109 e. The number of rotatable bonds is 4. The number of likely N-dealkylation sites (tertiary alicyclic amines) is 1. The van der Waals surface area contributed by atoms with Gasteiger partial charge in [0.2, 0.25) is 0 Å². The second kappa shape index (κ2) is 6.27. The third-order valence-electron chi connectivity index (χ3n) is 4.96. The topological polar surface area (TPSA) is 41.3 Å². The Balaban J connectivity index is 1.62. The molecular weight excluding hydrogens is 250 g/mol. The van der Waals surface area contributed by atoms with Gasteiger partial charge < -0.3 is 14.6 Å². The van der Waals surface area contributed by atoms with Crippen molar-refractivity contribution in [3.63, 3.8) is 0 Å². The van der Waals surface area contributed by atoms with Gasteiger partial charge in [0, 0.05) is 32.3 Å². The van der Waals surface area contributed by atoms with E-state index in [2.05, 4.69) is 22.6 Å². The summed E-state index contributed by atoms with van der Waals surface area (Å²) in [5.41, 5.74) is 1.27. The molecule has 0 aliphatic carbocycles. The van der Waals surface area contributed by atoms with Crippen LogP contribution in [0.25, 0.3) is 0 Å². The zero-order valence-corrected chi connectivity index (χ0v) is 12.6. The van der Waals surface area contributed by atoms with Crippen molar-refractivity contribution in [1.82, 2.24) is 14.5 Å². The van der Waals surface area contributed by atoms with Crippen LogP contribution in [0.1, 0.15) is 37.7 Å². The summed E-state index contributed by atoms with van der Waals surface area (Å²) < 4.78 is 2.31. The molecule has 0 bridgehead atoms. The van der Waals surface area contributed by atoms with Crippen LogP contribution in [0, 0.1) is 11.8 Å². The van der Waals surface area contributed by atoms with Crippen LogP contribution in [-0.4, -0.2) is 45.8 Å². The first-order valence-corrected chi connectivity index (χ1v) is 8.16. The number of hydrogen-bond donors (Lipinski definition) is 1. The van der Waals surface area contributed by atoms with E-state index in [0.29, 0.717) is 12.5 Å². The molecule has 112 valence electrons. The van der Waals surface area contributed by atoms with Crippen LogP contribution in [0.4, 0.5) is 0 Å². The molecule has 2 unspecified atom stereocenters. The molecule has 1 fully saturated rings. The van der Waals surface area contributed by atoms with Crippen molar-refractivity contribution in [2.45, 2.75) is 45.6 Å². The van der Waals surface area contributed by atoms with Crippen LogP contribution in [-0.2, 0) is 19.4 Å². The molecule has 0 spiro atoms. The van der Waals surface area contributed by atoms with Gasteiger partial charge in [-0.25, -0.2) is 4.98 Å². The van der Waals surface area contributed by atoms with Gasteiger partial charge in [0.15, 0.2) is 0 Å². The largest absolute Gasteiger partial charge is 0.396 e. The quantitative estimate of drug-likeness (QED) is 0.911. The molecule has 4 nitrogen and oxygen atoms in total. The summed E-state index contributed by atoms with van der Waals surface area (Å²) in [5, 5.41) is 9.30. The van der Waals surface area contributed by atoms with Crippen LogP contribution < -0.4 is 0 Å². The monoisotopic (exact) mass is 277 g/mol. The summed E-state index contributed by atoms with van der Waals surface area (Å²) in [6, 6.07) is 0. The number of aromatic nitrogens is 2. The van der Waals surface area contributed by atoms with Crippen molar-refractivity contribution in [2.75, 3.05) is 26.2 Å². The van der Waals surface area contributed by atoms with Gasteiger partial charge in [-0.15, -0.1) is 0 Å². The van der Waals surface area contributed by atoms with E-state index in [0.717, 1.165) is 31.7 Å². The highest BCUT2D eigenvalue weighted by molar-refractivity contribution is 5.08. The number of fused-ring (bicyclic) bond motifs is 1. The van der Waals surface area contributed by atoms with Gasteiger partial charge in [0.1, 0.15) is 5.82 Å². The molecule has 3 rings (SSSR count). The number of aliphatic hydroxyl groups is 1. The summed E-state index contributed by atoms with van der Waals surface area (Å²) >= 11 is 0. The number of aliphatic hydroxyl groups excluding tert-OH is 1. The summed E-state index contributed by atoms with van der Waals surface area (Å²) in [6.07, 6.45) is 8.10. The third kappa shape index (κ3) is 3.07. The zero-order valence-electron chi connectivity index (χ0n) is 12.6. The number of aryl methyl sites for hydroxylation is 1. The van der Waals surface area contributed by atoms with E-state index in [4.69, 9.17) is 4.98 Å². The highest BCUT2D eigenvalue weighted by atomic mass is 16.3. The predicted molar refractivity (Wildman–Crippen MR) is 79.7 cm³/mol. The lowest BCUT2D eigenvalue weighted by Crippen LogP contribution is -2.35. The molecule has 0 radical (unpaired) electrons. The zero-order chi connectivity index (χ0) is 13.9. The normalized spacial score (nSPS) is 27.5. The molecule has 20 heavy (non-hydrogen) atoms. The average molecular weight is 277 g/mol. The SMILES string of the molecule is CCN1CCCC(Cc2cn3c(n2)CC(CO)CC3)C1. The Bertz CT molecular complexity index is 443. The Morgan fingerprint density at radius 1 is 1.30 bits per heavy atom. The van der Waals surface area contributed by atoms with E-state index >= 15 is 0 Å². The minimum absolute atomic E-state index is 0.302. The Hall–Kier alpha value is -0.870. The van der Waals surface area contributed by atoms with Gasteiger partial charge in [-0.3, -0.25) is 0 Å². The van der Waals surface area contributed by atoms with Gasteiger partial charge >= 0.3 is 0 Å². The van der Waals surface area contributed by atoms with Crippen molar-refractivity contribution >= 4 is 0 Å². The van der Waals surface area contributed by atoms with Crippen molar-refractivity contribution < 1.29 is 5.11 Å². The third-order valence-corrected chi connectivity index (χ3v) is 4.96. The van der Waals surface area contributed by atoms with Crippen LogP contribution in [0.5, 0.6) is 0 Å². The maximum atomic E-state index is 9.30. The van der Waals surface area contributed by atoms with Gasteiger partial charge in [-0.1, -0.05) is 6.92 Å². The Kier molecular flexibility index (Phi) is 4.41. The summed E-state index contributed by atoms with van der Waals surface area (Å²) in [6.45, 7) is 7.26. The van der Waals surface area contributed by atoms with Crippen LogP contribution >= 0.6 is 0 Å². The smallest absolute Gasteiger partial charge is 0.109 e. The molecule has 2 aliphatic rings. The second-order valence-electron chi connectivity index (χ2n) is 6.49. The van der Waals surface area contributed by atoms with E-state index in [1.54, 1.807) is 0 Å². The fourth-order valence-corrected chi connectivity index (χ4v) is 3.71. The minimum atomic E-state index is 0.302. The van der Waals surface area contributed by atoms with Gasteiger partial charge in [0.25, 0.3) is 0 Å². The molecule has 0 aromatic carbocycles. The Morgan fingerprint density at radius 3 is 3.00 bits per heavy atom. The first-order valence-electron chi connectivity index (χ1n) is 8.16. The number of hydrogen-bond acceptors (Lipinski definition) is 3. The van der Waals surface area contributed by atoms with Crippen molar-refractivity contribution in [3.8, 4) is 0 Å². The lowest BCUT2D eigenvalue weighted by Gasteiger charge is -2.31. The molecule has 1 aromatic heterocycles. The number of imidazole rings is 1. The first kappa shape index (κ1) is 14.1. The molecule has 2 aliphatic heterocycles. The Morgan fingerprint density at radius 2 is 2.20 bits per heavy atom. The lowest BCUT2D eigenvalue weighted by atomic mass is 9.94. The fraction of sp³-hybridized carbons (Fsp3) is 0.812. The summed E-state index contributed by atoms with van der Waals surface area (Å²) in [5.74, 6) is 2.38. The van der Waals surface area contributed by atoms with Crippen molar-refractivity contribution in [3.05, 3.63) is 17.7 Å². The standard InChI is InChI=1S/C16H27N3O/c1-2-18-6-3-4-13(10-18)8-15-11-19-7-5-14(12-20)9-16(19)17-15/h11,13-14,20H,2-10,12H2,1H3. The number of nitrogens with zero attached hydrogens (tertiary/aromatic N) is 3. The van der Waals surface area contributed by atoms with Gasteiger partial charge in [-0.2, -0.15) is 0 Å². The molecule has 0 saturated carbocycles. The van der Waals surface area contributed by atoms with E-state index in [1.165, 1.54) is 44.0 Å². The molecule has 3 heterocycles. The molecule has 1 N–H and O–H groups in total. The lowest BCUT2D eigenvalue weighted by molar-refractivity contribution is 0.181. The first-order chi connectivity index (χ1) is 9.78. The number of piperidine rings is 1. The highest BCUT2D eigenvalue weighted by Gasteiger charge is 2.23. The van der Waals surface area contributed by atoms with Crippen LogP contribution in [0.15, 0.2) is 6.20 Å². The van der Waals surface area contributed by atoms with E-state index in [9.17, 15) is 5.11 Å². The van der Waals surface area contributed by atoms with E-state index in [1.807, 2.05) is 0 Å². The molecule has 1 saturated heterocycles. The van der Waals surface area contributed by atoms with E-state index in [-0.39, 0.29) is 0 Å². The maximum absolute atomic E-state index is 9.30. The van der Waals surface area contributed by atoms with Crippen molar-refractivity contribution in [1.29, 1.82) is 0 Å². The molecular formula is C16H27N3O. The summed E-state index contributed by atoms with van der Waals surface area (Å²) in [7, 11) is 0. The second-order valence-corrected chi connectivity index (χ2v) is 6.49. The molecule has 0 amide bonds. The van der Waals surface area contributed by atoms with Gasteiger partial charge in [0.05, 0.1) is 5.69 Å².